The number of rotatable bonds is 0. The van der Waals surface area contributed by atoms with Crippen LogP contribution in [0.5, 0.6) is 0 Å². The van der Waals surface area contributed by atoms with Crippen molar-refractivity contribution >= 4 is 13.3 Å². The Labute approximate surface area is 69.3 Å². The molecule has 1 aromatic rings. The van der Waals surface area contributed by atoms with E-state index in [9.17, 15) is 0 Å². The molecule has 0 spiro atoms. The van der Waals surface area contributed by atoms with Crippen molar-refractivity contribution in [1.82, 2.24) is 4.98 Å². The molecule has 0 aliphatic rings. The third-order valence-electron chi connectivity index (χ3n) is 1.83. The van der Waals surface area contributed by atoms with E-state index in [2.05, 4.69) is 39.7 Å². The van der Waals surface area contributed by atoms with Crippen LogP contribution in [0.25, 0.3) is 0 Å². The van der Waals surface area contributed by atoms with Gasteiger partial charge in [0.1, 0.15) is 7.85 Å². The van der Waals surface area contributed by atoms with Gasteiger partial charge in [0.2, 0.25) is 0 Å². The number of nitrogens with zero attached hydrogens (tertiary/aromatic N) is 1. The van der Waals surface area contributed by atoms with Crippen LogP contribution in [-0.2, 0) is 5.41 Å². The molecule has 11 heavy (non-hydrogen) atoms. The number of pyridine rings is 1. The van der Waals surface area contributed by atoms with Crippen molar-refractivity contribution in [2.75, 3.05) is 0 Å². The maximum atomic E-state index is 4.06. The molecule has 1 rings (SSSR count). The summed E-state index contributed by atoms with van der Waals surface area (Å²) in [4.78, 5) is 4.06. The lowest BCUT2D eigenvalue weighted by molar-refractivity contribution is 0.593. The predicted molar refractivity (Wildman–Crippen MR) is 51.1 cm³/mol. The van der Waals surface area contributed by atoms with Crippen LogP contribution >= 0.6 is 0 Å². The van der Waals surface area contributed by atoms with E-state index in [-0.39, 0.29) is 5.41 Å². The lowest BCUT2D eigenvalue weighted by Gasteiger charge is -2.20. The van der Waals surface area contributed by atoms with E-state index in [4.69, 9.17) is 0 Å². The third kappa shape index (κ3) is 1.82. The zero-order valence-corrected chi connectivity index (χ0v) is 7.68. The molecule has 0 fully saturated rings. The van der Waals surface area contributed by atoms with Crippen LogP contribution in [0.2, 0.25) is 0 Å². The second-order valence-corrected chi connectivity index (χ2v) is 3.94. The number of hydrogen-bond acceptors (Lipinski definition) is 1. The second kappa shape index (κ2) is 2.69. The largest absolute Gasteiger partial charge is 0.265 e. The van der Waals surface area contributed by atoms with E-state index in [1.165, 1.54) is 11.0 Å². The van der Waals surface area contributed by atoms with E-state index in [1.54, 1.807) is 0 Å². The van der Waals surface area contributed by atoms with Crippen molar-refractivity contribution in [1.29, 1.82) is 0 Å². The van der Waals surface area contributed by atoms with E-state index in [0.717, 1.165) is 0 Å². The van der Waals surface area contributed by atoms with Crippen LogP contribution < -0.4 is 5.46 Å². The molecule has 0 aromatic carbocycles. The van der Waals surface area contributed by atoms with Gasteiger partial charge in [-0.05, 0) is 17.0 Å². The molecule has 0 N–H and O–H groups in total. The predicted octanol–water partition coefficient (Wildman–Crippen LogP) is 0.637. The van der Waals surface area contributed by atoms with Gasteiger partial charge in [0.05, 0.1) is 0 Å². The maximum Gasteiger partial charge on any atom is 0.141 e. The maximum absolute atomic E-state index is 4.06. The van der Waals surface area contributed by atoms with Gasteiger partial charge in [-0.1, -0.05) is 26.2 Å². The molecule has 0 radical (unpaired) electrons. The summed E-state index contributed by atoms with van der Waals surface area (Å²) in [6.07, 6.45) is 3.77. The van der Waals surface area contributed by atoms with Crippen LogP contribution in [-0.4, -0.2) is 12.8 Å². The normalized spacial score (nSPS) is 11.5. The lowest BCUT2D eigenvalue weighted by atomic mass is 9.79. The van der Waals surface area contributed by atoms with Crippen LogP contribution in [0.1, 0.15) is 26.3 Å². The molecule has 58 valence electrons. The average molecular weight is 147 g/mol. The van der Waals surface area contributed by atoms with E-state index < -0.39 is 0 Å². The first-order chi connectivity index (χ1) is 5.02. The van der Waals surface area contributed by atoms with Gasteiger partial charge in [-0.15, -0.1) is 0 Å². The van der Waals surface area contributed by atoms with E-state index in [0.29, 0.717) is 0 Å². The van der Waals surface area contributed by atoms with Gasteiger partial charge in [-0.2, -0.15) is 0 Å². The smallest absolute Gasteiger partial charge is 0.141 e. The van der Waals surface area contributed by atoms with Crippen molar-refractivity contribution in [2.24, 2.45) is 0 Å². The first-order valence-corrected chi connectivity index (χ1v) is 3.93. The van der Waals surface area contributed by atoms with Crippen molar-refractivity contribution < 1.29 is 0 Å². The zero-order chi connectivity index (χ0) is 8.48. The Bertz CT molecular complexity index is 250. The first kappa shape index (κ1) is 8.31. The highest BCUT2D eigenvalue weighted by molar-refractivity contribution is 6.33. The minimum Gasteiger partial charge on any atom is -0.265 e. The fraction of sp³-hybridized carbons (Fsp3) is 0.444. The summed E-state index contributed by atoms with van der Waals surface area (Å²) in [7, 11) is 2.10. The first-order valence-electron chi connectivity index (χ1n) is 3.93. The molecule has 2 heteroatoms. The highest BCUT2D eigenvalue weighted by atomic mass is 14.6. The highest BCUT2D eigenvalue weighted by Gasteiger charge is 2.14. The summed E-state index contributed by atoms with van der Waals surface area (Å²) < 4.78 is 0. The standard InChI is InChI=1S/C9H14BN/c1-9(2,3)7-4-5-11-6-8(7)10/h4-6H,10H2,1-3H3. The van der Waals surface area contributed by atoms with Crippen molar-refractivity contribution in [3.05, 3.63) is 24.0 Å². The Hall–Kier alpha value is -0.785. The van der Waals surface area contributed by atoms with Crippen LogP contribution in [0.15, 0.2) is 18.5 Å². The fourth-order valence-corrected chi connectivity index (χ4v) is 1.31. The Morgan fingerprint density at radius 3 is 2.36 bits per heavy atom. The molecule has 1 nitrogen and oxygen atoms in total. The van der Waals surface area contributed by atoms with Crippen molar-refractivity contribution in [3.8, 4) is 0 Å². The van der Waals surface area contributed by atoms with Gasteiger partial charge in [-0.3, -0.25) is 4.98 Å². The summed E-state index contributed by atoms with van der Waals surface area (Å²) >= 11 is 0. The topological polar surface area (TPSA) is 12.9 Å². The summed E-state index contributed by atoms with van der Waals surface area (Å²) in [5.74, 6) is 0. The quantitative estimate of drug-likeness (QED) is 0.490. The zero-order valence-electron chi connectivity index (χ0n) is 7.68. The van der Waals surface area contributed by atoms with Gasteiger partial charge in [0.25, 0.3) is 0 Å². The molecular weight excluding hydrogens is 133 g/mol. The third-order valence-corrected chi connectivity index (χ3v) is 1.83. The molecular formula is C9H14BN. The molecule has 0 aliphatic heterocycles. The molecule has 0 atom stereocenters. The summed E-state index contributed by atoms with van der Waals surface area (Å²) in [5, 5.41) is 0. The SMILES string of the molecule is Bc1cnccc1C(C)(C)C. The minimum atomic E-state index is 0.243. The summed E-state index contributed by atoms with van der Waals surface area (Å²) in [6, 6.07) is 2.09. The van der Waals surface area contributed by atoms with Crippen molar-refractivity contribution in [3.63, 3.8) is 0 Å². The average Bonchev–Trinajstić information content (AvgIpc) is 1.86. The Kier molecular flexibility index (Phi) is 2.03. The highest BCUT2D eigenvalue weighted by Crippen LogP contribution is 2.18. The molecule has 1 aromatic heterocycles. The number of hydrogen-bond donors (Lipinski definition) is 0. The molecule has 0 saturated carbocycles. The van der Waals surface area contributed by atoms with E-state index in [1.807, 2.05) is 12.4 Å². The summed E-state index contributed by atoms with van der Waals surface area (Å²) in [5.41, 5.74) is 2.90. The summed E-state index contributed by atoms with van der Waals surface area (Å²) in [6.45, 7) is 6.65. The fourth-order valence-electron chi connectivity index (χ4n) is 1.31. The molecule has 0 saturated heterocycles. The van der Waals surface area contributed by atoms with Crippen LogP contribution in [0.4, 0.5) is 0 Å². The Morgan fingerprint density at radius 1 is 1.36 bits per heavy atom. The molecule has 0 bridgehead atoms. The van der Waals surface area contributed by atoms with Crippen molar-refractivity contribution in [2.45, 2.75) is 26.2 Å². The monoisotopic (exact) mass is 147 g/mol. The molecule has 0 amide bonds. The van der Waals surface area contributed by atoms with Gasteiger partial charge in [0.15, 0.2) is 0 Å². The van der Waals surface area contributed by atoms with Crippen LogP contribution in [0, 0.1) is 0 Å². The van der Waals surface area contributed by atoms with Crippen LogP contribution in [0.3, 0.4) is 0 Å². The van der Waals surface area contributed by atoms with Gasteiger partial charge >= 0.3 is 0 Å². The molecule has 1 heterocycles. The second-order valence-electron chi connectivity index (χ2n) is 3.94. The molecule has 0 aliphatic carbocycles. The molecule has 0 unspecified atom stereocenters. The Morgan fingerprint density at radius 2 is 2.00 bits per heavy atom. The minimum absolute atomic E-state index is 0.243. The van der Waals surface area contributed by atoms with E-state index >= 15 is 0 Å². The Balaban J connectivity index is 3.14. The van der Waals surface area contributed by atoms with Gasteiger partial charge in [0, 0.05) is 12.4 Å². The van der Waals surface area contributed by atoms with Gasteiger partial charge < -0.3 is 0 Å². The lowest BCUT2D eigenvalue weighted by Crippen LogP contribution is -2.23. The van der Waals surface area contributed by atoms with Gasteiger partial charge in [-0.25, -0.2) is 0 Å². The number of aromatic nitrogens is 1.